The van der Waals surface area contributed by atoms with Gasteiger partial charge >= 0.3 is 0 Å². The fraction of sp³-hybridized carbons (Fsp3) is 0.250. The number of hydrogen-bond donors (Lipinski definition) is 2. The molecule has 1 aliphatic heterocycles. The van der Waals surface area contributed by atoms with Crippen LogP contribution in [0.25, 0.3) is 11.7 Å². The molecule has 2 N–H and O–H groups in total. The van der Waals surface area contributed by atoms with Crippen molar-refractivity contribution in [1.29, 1.82) is 0 Å². The van der Waals surface area contributed by atoms with E-state index in [1.807, 2.05) is 6.07 Å². The van der Waals surface area contributed by atoms with Crippen molar-refractivity contribution in [3.63, 3.8) is 0 Å². The van der Waals surface area contributed by atoms with Gasteiger partial charge in [0, 0.05) is 37.5 Å². The van der Waals surface area contributed by atoms with Gasteiger partial charge in [-0.15, -0.1) is 0 Å². The number of aromatic nitrogens is 5. The molecule has 0 unspecified atom stereocenters. The highest BCUT2D eigenvalue weighted by atomic mass is 16.5. The standard InChI is InChI=1S/C16H17N7O2/c24-15(2-1-12-10-17-11-18-12)21-13-9-16(22-5-7-25-8-6-22)23-14(20-13)3-4-19-23/h1-4,9-11H,5-8H2,(H,17,18)(H,20,21,24)/b2-1+. The van der Waals surface area contributed by atoms with Crippen LogP contribution in [-0.2, 0) is 9.53 Å². The summed E-state index contributed by atoms with van der Waals surface area (Å²) < 4.78 is 7.17. The van der Waals surface area contributed by atoms with Gasteiger partial charge in [-0.05, 0) is 6.08 Å². The number of rotatable bonds is 4. The molecule has 3 aromatic heterocycles. The van der Waals surface area contributed by atoms with Gasteiger partial charge in [-0.1, -0.05) is 0 Å². The molecule has 1 fully saturated rings. The van der Waals surface area contributed by atoms with Gasteiger partial charge in [0.05, 0.1) is 31.4 Å². The molecule has 9 nitrogen and oxygen atoms in total. The molecule has 128 valence electrons. The first-order valence-electron chi connectivity index (χ1n) is 7.95. The minimum absolute atomic E-state index is 0.271. The lowest BCUT2D eigenvalue weighted by Gasteiger charge is -2.29. The fourth-order valence-electron chi connectivity index (χ4n) is 2.67. The van der Waals surface area contributed by atoms with Crippen molar-refractivity contribution in [2.45, 2.75) is 0 Å². The number of hydrogen-bond acceptors (Lipinski definition) is 6. The number of morpholine rings is 1. The second-order valence-electron chi connectivity index (χ2n) is 5.52. The Kier molecular flexibility index (Phi) is 4.13. The number of H-pyrrole nitrogens is 1. The minimum atomic E-state index is -0.271. The molecular weight excluding hydrogens is 322 g/mol. The van der Waals surface area contributed by atoms with E-state index in [2.05, 4.69) is 30.3 Å². The lowest BCUT2D eigenvalue weighted by molar-refractivity contribution is -0.111. The predicted octanol–water partition coefficient (Wildman–Crippen LogP) is 0.941. The molecule has 1 aliphatic rings. The fourth-order valence-corrected chi connectivity index (χ4v) is 2.67. The first-order chi connectivity index (χ1) is 12.3. The summed E-state index contributed by atoms with van der Waals surface area (Å²) in [6, 6.07) is 3.63. The molecule has 0 aromatic carbocycles. The molecule has 0 saturated carbocycles. The summed E-state index contributed by atoms with van der Waals surface area (Å²) in [4.78, 5) is 25.6. The molecule has 4 heterocycles. The molecule has 1 amide bonds. The minimum Gasteiger partial charge on any atom is -0.378 e. The Hall–Kier alpha value is -3.20. The number of fused-ring (bicyclic) bond motifs is 1. The van der Waals surface area contributed by atoms with Crippen molar-refractivity contribution in [3.8, 4) is 0 Å². The highest BCUT2D eigenvalue weighted by Crippen LogP contribution is 2.21. The Labute approximate surface area is 143 Å². The predicted molar refractivity (Wildman–Crippen MR) is 92.3 cm³/mol. The van der Waals surface area contributed by atoms with Crippen LogP contribution in [-0.4, -0.2) is 56.8 Å². The van der Waals surface area contributed by atoms with Crippen LogP contribution in [0.4, 0.5) is 11.6 Å². The van der Waals surface area contributed by atoms with E-state index in [1.54, 1.807) is 35.4 Å². The molecule has 3 aromatic rings. The highest BCUT2D eigenvalue weighted by molar-refractivity contribution is 6.01. The third kappa shape index (κ3) is 3.36. The van der Waals surface area contributed by atoms with Crippen LogP contribution in [0.5, 0.6) is 0 Å². The first-order valence-corrected chi connectivity index (χ1v) is 7.95. The monoisotopic (exact) mass is 339 g/mol. The molecule has 0 aliphatic carbocycles. The van der Waals surface area contributed by atoms with E-state index < -0.39 is 0 Å². The SMILES string of the molecule is O=C(/C=C/c1c[nH]cn1)Nc1cc(N2CCOCC2)n2nccc2n1. The van der Waals surface area contributed by atoms with Crippen molar-refractivity contribution >= 4 is 29.3 Å². The van der Waals surface area contributed by atoms with Gasteiger partial charge in [-0.2, -0.15) is 9.61 Å². The van der Waals surface area contributed by atoms with E-state index in [9.17, 15) is 4.79 Å². The number of amides is 1. The van der Waals surface area contributed by atoms with Gasteiger partial charge in [0.1, 0.15) is 11.6 Å². The van der Waals surface area contributed by atoms with Gasteiger partial charge < -0.3 is 19.9 Å². The van der Waals surface area contributed by atoms with E-state index in [0.717, 1.165) is 18.9 Å². The zero-order valence-electron chi connectivity index (χ0n) is 13.4. The maximum absolute atomic E-state index is 12.1. The third-order valence-electron chi connectivity index (χ3n) is 3.85. The molecule has 25 heavy (non-hydrogen) atoms. The summed E-state index contributed by atoms with van der Waals surface area (Å²) in [7, 11) is 0. The Morgan fingerprint density at radius 2 is 2.24 bits per heavy atom. The summed E-state index contributed by atoms with van der Waals surface area (Å²) in [6.07, 6.45) is 8.01. The quantitative estimate of drug-likeness (QED) is 0.686. The van der Waals surface area contributed by atoms with E-state index in [-0.39, 0.29) is 5.91 Å². The number of aromatic amines is 1. The van der Waals surface area contributed by atoms with Crippen molar-refractivity contribution in [2.75, 3.05) is 36.5 Å². The number of imidazole rings is 1. The van der Waals surface area contributed by atoms with Gasteiger partial charge in [0.25, 0.3) is 0 Å². The lowest BCUT2D eigenvalue weighted by atomic mass is 10.3. The Morgan fingerprint density at radius 3 is 3.04 bits per heavy atom. The Morgan fingerprint density at radius 1 is 1.36 bits per heavy atom. The van der Waals surface area contributed by atoms with Crippen LogP contribution in [0.3, 0.4) is 0 Å². The van der Waals surface area contributed by atoms with Crippen LogP contribution in [0.1, 0.15) is 5.69 Å². The Balaban J connectivity index is 1.58. The molecule has 0 spiro atoms. The van der Waals surface area contributed by atoms with E-state index >= 15 is 0 Å². The number of carbonyl (C=O) groups excluding carboxylic acids is 1. The molecular formula is C16H17N7O2. The van der Waals surface area contributed by atoms with E-state index in [0.29, 0.717) is 30.4 Å². The normalized spacial score (nSPS) is 15.1. The average Bonchev–Trinajstić information content (AvgIpc) is 3.31. The maximum Gasteiger partial charge on any atom is 0.249 e. The zero-order chi connectivity index (χ0) is 17.1. The summed E-state index contributed by atoms with van der Waals surface area (Å²) in [5.41, 5.74) is 1.36. The second-order valence-corrected chi connectivity index (χ2v) is 5.52. The van der Waals surface area contributed by atoms with Gasteiger partial charge in [0.15, 0.2) is 5.65 Å². The molecule has 9 heteroatoms. The van der Waals surface area contributed by atoms with Gasteiger partial charge in [-0.25, -0.2) is 9.97 Å². The van der Waals surface area contributed by atoms with Crippen LogP contribution >= 0.6 is 0 Å². The van der Waals surface area contributed by atoms with Gasteiger partial charge in [-0.3, -0.25) is 4.79 Å². The van der Waals surface area contributed by atoms with Crippen LogP contribution in [0.15, 0.2) is 36.9 Å². The number of nitrogens with zero attached hydrogens (tertiary/aromatic N) is 5. The summed E-state index contributed by atoms with van der Waals surface area (Å²) in [5, 5.41) is 7.11. The first kappa shape index (κ1) is 15.3. The summed E-state index contributed by atoms with van der Waals surface area (Å²) in [6.45, 7) is 2.87. The summed E-state index contributed by atoms with van der Waals surface area (Å²) in [5.74, 6) is 1.09. The van der Waals surface area contributed by atoms with Crippen molar-refractivity contribution in [2.24, 2.45) is 0 Å². The molecule has 4 rings (SSSR count). The smallest absolute Gasteiger partial charge is 0.249 e. The summed E-state index contributed by atoms with van der Waals surface area (Å²) >= 11 is 0. The van der Waals surface area contributed by atoms with Crippen molar-refractivity contribution in [3.05, 3.63) is 42.6 Å². The van der Waals surface area contributed by atoms with Gasteiger partial charge in [0.2, 0.25) is 5.91 Å². The van der Waals surface area contributed by atoms with E-state index in [4.69, 9.17) is 4.74 Å². The molecule has 1 saturated heterocycles. The van der Waals surface area contributed by atoms with Crippen LogP contribution in [0.2, 0.25) is 0 Å². The molecule has 0 radical (unpaired) electrons. The Bertz CT molecular complexity index is 894. The number of carbonyl (C=O) groups is 1. The lowest BCUT2D eigenvalue weighted by Crippen LogP contribution is -2.37. The topological polar surface area (TPSA) is 100 Å². The molecule has 0 atom stereocenters. The van der Waals surface area contributed by atoms with Crippen LogP contribution < -0.4 is 10.2 Å². The maximum atomic E-state index is 12.1. The van der Waals surface area contributed by atoms with E-state index in [1.165, 1.54) is 6.08 Å². The molecule has 0 bridgehead atoms. The largest absolute Gasteiger partial charge is 0.378 e. The average molecular weight is 339 g/mol. The third-order valence-corrected chi connectivity index (χ3v) is 3.85. The van der Waals surface area contributed by atoms with Crippen molar-refractivity contribution in [1.82, 2.24) is 24.6 Å². The zero-order valence-corrected chi connectivity index (χ0v) is 13.4. The van der Waals surface area contributed by atoms with Crippen molar-refractivity contribution < 1.29 is 9.53 Å². The van der Waals surface area contributed by atoms with Crippen LogP contribution in [0, 0.1) is 0 Å². The number of anilines is 2. The second kappa shape index (κ2) is 6.73. The highest BCUT2D eigenvalue weighted by Gasteiger charge is 2.17. The number of ether oxygens (including phenoxy) is 1. The number of nitrogens with one attached hydrogen (secondary N) is 2.